The van der Waals surface area contributed by atoms with Crippen molar-refractivity contribution < 1.29 is 0 Å². The van der Waals surface area contributed by atoms with Crippen LogP contribution in [0.2, 0.25) is 10.0 Å². The first-order chi connectivity index (χ1) is 9.63. The van der Waals surface area contributed by atoms with Gasteiger partial charge in [-0.2, -0.15) is 0 Å². The van der Waals surface area contributed by atoms with Crippen molar-refractivity contribution in [1.82, 2.24) is 4.98 Å². The Kier molecular flexibility index (Phi) is 3.66. The van der Waals surface area contributed by atoms with Gasteiger partial charge in [0.2, 0.25) is 0 Å². The highest BCUT2D eigenvalue weighted by molar-refractivity contribution is 7.13. The van der Waals surface area contributed by atoms with Gasteiger partial charge in [0.1, 0.15) is 5.01 Å². The zero-order valence-corrected chi connectivity index (χ0v) is 12.6. The summed E-state index contributed by atoms with van der Waals surface area (Å²) in [7, 11) is 0. The third kappa shape index (κ3) is 2.66. The average Bonchev–Trinajstić information content (AvgIpc) is 2.92. The SMILES string of the molecule is Nc1ccc(-c2nc(-c3ccc(Cl)c(Cl)c3)cs2)cc1. The molecule has 0 bridgehead atoms. The molecule has 20 heavy (non-hydrogen) atoms. The standard InChI is InChI=1S/C15H10Cl2N2S/c16-12-6-3-10(7-13(12)17)14-8-20-15(19-14)9-1-4-11(18)5-2-9/h1-8H,18H2. The van der Waals surface area contributed by atoms with Gasteiger partial charge < -0.3 is 5.73 Å². The highest BCUT2D eigenvalue weighted by atomic mass is 35.5. The van der Waals surface area contributed by atoms with Crippen LogP contribution in [0.4, 0.5) is 5.69 Å². The molecular formula is C15H10Cl2N2S. The fourth-order valence-electron chi connectivity index (χ4n) is 1.82. The molecule has 0 aliphatic carbocycles. The van der Waals surface area contributed by atoms with E-state index in [1.807, 2.05) is 41.8 Å². The molecule has 0 unspecified atom stereocenters. The number of rotatable bonds is 2. The Balaban J connectivity index is 1.97. The number of halogens is 2. The summed E-state index contributed by atoms with van der Waals surface area (Å²) in [6.45, 7) is 0. The second-order valence-electron chi connectivity index (χ2n) is 4.29. The smallest absolute Gasteiger partial charge is 0.124 e. The van der Waals surface area contributed by atoms with E-state index < -0.39 is 0 Å². The lowest BCUT2D eigenvalue weighted by molar-refractivity contribution is 1.40. The summed E-state index contributed by atoms with van der Waals surface area (Å²) < 4.78 is 0. The van der Waals surface area contributed by atoms with Crippen LogP contribution in [0.3, 0.4) is 0 Å². The summed E-state index contributed by atoms with van der Waals surface area (Å²) in [4.78, 5) is 4.63. The van der Waals surface area contributed by atoms with Crippen molar-refractivity contribution >= 4 is 40.2 Å². The van der Waals surface area contributed by atoms with Crippen molar-refractivity contribution in [2.24, 2.45) is 0 Å². The summed E-state index contributed by atoms with van der Waals surface area (Å²) in [5.74, 6) is 0. The summed E-state index contributed by atoms with van der Waals surface area (Å²) in [5.41, 5.74) is 9.33. The number of hydrogen-bond acceptors (Lipinski definition) is 3. The molecule has 3 rings (SSSR count). The Hall–Kier alpha value is -1.55. The topological polar surface area (TPSA) is 38.9 Å². The maximum absolute atomic E-state index is 6.03. The molecule has 2 aromatic carbocycles. The van der Waals surface area contributed by atoms with E-state index in [0.29, 0.717) is 10.0 Å². The molecule has 0 amide bonds. The highest BCUT2D eigenvalue weighted by Crippen LogP contribution is 2.32. The highest BCUT2D eigenvalue weighted by Gasteiger charge is 2.08. The summed E-state index contributed by atoms with van der Waals surface area (Å²) in [5, 5.41) is 4.03. The average molecular weight is 321 g/mol. The largest absolute Gasteiger partial charge is 0.399 e. The molecule has 0 saturated carbocycles. The lowest BCUT2D eigenvalue weighted by Crippen LogP contribution is -1.84. The zero-order valence-electron chi connectivity index (χ0n) is 10.3. The van der Waals surface area contributed by atoms with Crippen LogP contribution < -0.4 is 5.73 Å². The first-order valence-electron chi connectivity index (χ1n) is 5.90. The number of aromatic nitrogens is 1. The maximum Gasteiger partial charge on any atom is 0.124 e. The van der Waals surface area contributed by atoms with Crippen LogP contribution in [0, 0.1) is 0 Å². The molecule has 0 fully saturated rings. The molecule has 1 heterocycles. The number of benzene rings is 2. The van der Waals surface area contributed by atoms with Crippen LogP contribution in [0.1, 0.15) is 0 Å². The molecule has 2 nitrogen and oxygen atoms in total. The molecule has 3 aromatic rings. The van der Waals surface area contributed by atoms with E-state index in [0.717, 1.165) is 27.5 Å². The second kappa shape index (κ2) is 5.44. The van der Waals surface area contributed by atoms with Gasteiger partial charge in [0.15, 0.2) is 0 Å². The van der Waals surface area contributed by atoms with Crippen LogP contribution in [-0.4, -0.2) is 4.98 Å². The van der Waals surface area contributed by atoms with Gasteiger partial charge in [-0.3, -0.25) is 0 Å². The Morgan fingerprint density at radius 3 is 2.30 bits per heavy atom. The van der Waals surface area contributed by atoms with Gasteiger partial charge in [-0.25, -0.2) is 4.98 Å². The van der Waals surface area contributed by atoms with E-state index in [4.69, 9.17) is 28.9 Å². The van der Waals surface area contributed by atoms with Crippen LogP contribution in [0.25, 0.3) is 21.8 Å². The van der Waals surface area contributed by atoms with Gasteiger partial charge in [-0.15, -0.1) is 11.3 Å². The first kappa shape index (κ1) is 13.4. The fourth-order valence-corrected chi connectivity index (χ4v) is 2.95. The Morgan fingerprint density at radius 1 is 0.900 bits per heavy atom. The van der Waals surface area contributed by atoms with Crippen molar-refractivity contribution in [2.75, 3.05) is 5.73 Å². The number of hydrogen-bond donors (Lipinski definition) is 1. The molecule has 0 atom stereocenters. The Morgan fingerprint density at radius 2 is 1.60 bits per heavy atom. The monoisotopic (exact) mass is 320 g/mol. The fraction of sp³-hybridized carbons (Fsp3) is 0. The van der Waals surface area contributed by atoms with E-state index in [1.165, 1.54) is 0 Å². The Bertz CT molecular complexity index is 751. The van der Waals surface area contributed by atoms with Crippen molar-refractivity contribution in [3.05, 3.63) is 57.9 Å². The molecular weight excluding hydrogens is 311 g/mol. The summed E-state index contributed by atoms with van der Waals surface area (Å²) >= 11 is 13.5. The van der Waals surface area contributed by atoms with E-state index in [-0.39, 0.29) is 0 Å². The molecule has 0 aliphatic rings. The molecule has 0 radical (unpaired) electrons. The number of anilines is 1. The van der Waals surface area contributed by atoms with Crippen LogP contribution in [0.5, 0.6) is 0 Å². The van der Waals surface area contributed by atoms with Gasteiger partial charge in [-0.1, -0.05) is 29.3 Å². The normalized spacial score (nSPS) is 10.7. The minimum Gasteiger partial charge on any atom is -0.399 e. The predicted octanol–water partition coefficient (Wildman–Crippen LogP) is 5.37. The minimum absolute atomic E-state index is 0.534. The van der Waals surface area contributed by atoms with Crippen LogP contribution in [-0.2, 0) is 0 Å². The van der Waals surface area contributed by atoms with E-state index in [1.54, 1.807) is 17.4 Å². The predicted molar refractivity (Wildman–Crippen MR) is 87.4 cm³/mol. The van der Waals surface area contributed by atoms with Gasteiger partial charge >= 0.3 is 0 Å². The molecule has 0 spiro atoms. The Labute approximate surface area is 130 Å². The number of nitrogens with two attached hydrogens (primary N) is 1. The van der Waals surface area contributed by atoms with Crippen LogP contribution >= 0.6 is 34.5 Å². The van der Waals surface area contributed by atoms with Crippen LogP contribution in [0.15, 0.2) is 47.8 Å². The molecule has 5 heteroatoms. The van der Waals surface area contributed by atoms with Crippen molar-refractivity contribution in [3.63, 3.8) is 0 Å². The molecule has 0 saturated heterocycles. The van der Waals surface area contributed by atoms with Gasteiger partial charge in [0.05, 0.1) is 15.7 Å². The molecule has 1 aromatic heterocycles. The van der Waals surface area contributed by atoms with Crippen molar-refractivity contribution in [2.45, 2.75) is 0 Å². The van der Waals surface area contributed by atoms with E-state index in [9.17, 15) is 0 Å². The third-order valence-electron chi connectivity index (χ3n) is 2.88. The number of nitrogens with zero attached hydrogens (tertiary/aromatic N) is 1. The first-order valence-corrected chi connectivity index (χ1v) is 7.54. The van der Waals surface area contributed by atoms with Crippen molar-refractivity contribution in [3.8, 4) is 21.8 Å². The quantitative estimate of drug-likeness (QED) is 0.645. The third-order valence-corrected chi connectivity index (χ3v) is 4.51. The van der Waals surface area contributed by atoms with E-state index >= 15 is 0 Å². The lowest BCUT2D eigenvalue weighted by Gasteiger charge is -2.00. The number of nitrogen functional groups attached to an aromatic ring is 1. The van der Waals surface area contributed by atoms with Gasteiger partial charge in [-0.05, 0) is 36.4 Å². The van der Waals surface area contributed by atoms with E-state index in [2.05, 4.69) is 4.98 Å². The molecule has 0 aliphatic heterocycles. The van der Waals surface area contributed by atoms with Gasteiger partial charge in [0.25, 0.3) is 0 Å². The van der Waals surface area contributed by atoms with Crippen molar-refractivity contribution in [1.29, 1.82) is 0 Å². The summed E-state index contributed by atoms with van der Waals surface area (Å²) in [6, 6.07) is 13.2. The lowest BCUT2D eigenvalue weighted by atomic mass is 10.2. The van der Waals surface area contributed by atoms with Gasteiger partial charge in [0, 0.05) is 22.2 Å². The maximum atomic E-state index is 6.03. The summed E-state index contributed by atoms with van der Waals surface area (Å²) in [6.07, 6.45) is 0. The molecule has 2 N–H and O–H groups in total. The second-order valence-corrected chi connectivity index (χ2v) is 5.96. The number of thiazole rings is 1. The zero-order chi connectivity index (χ0) is 14.1. The minimum atomic E-state index is 0.534. The molecule has 100 valence electrons.